The molecular weight excluding hydrogens is 1410 g/mol. The molecule has 1 saturated carbocycles. The first-order chi connectivity index (χ1) is 51.5. The second-order valence-corrected chi connectivity index (χ2v) is 27.5. The maximum atomic E-state index is 14.9. The lowest BCUT2D eigenvalue weighted by Crippen LogP contribution is -2.61. The molecule has 4 aromatic rings. The van der Waals surface area contributed by atoms with E-state index in [1.165, 1.54) is 24.3 Å². The number of nitrogens with two attached hydrogens (primary N) is 1. The van der Waals surface area contributed by atoms with E-state index in [0.29, 0.717) is 40.4 Å². The average Bonchev–Trinajstić information content (AvgIpc) is 1.73. The van der Waals surface area contributed by atoms with Gasteiger partial charge in [-0.05, 0) is 72.4 Å². The summed E-state index contributed by atoms with van der Waals surface area (Å²) >= 11 is 0. The number of amides is 9. The highest BCUT2D eigenvalue weighted by Gasteiger charge is 2.38. The van der Waals surface area contributed by atoms with Crippen LogP contribution in [0.15, 0.2) is 85.1 Å². The van der Waals surface area contributed by atoms with E-state index < -0.39 is 164 Å². The smallest absolute Gasteiger partial charge is 0.328 e. The van der Waals surface area contributed by atoms with Crippen molar-refractivity contribution in [3.05, 3.63) is 102 Å². The topological polar surface area (TPSA) is 559 Å². The number of carboxylic acid groups (broad SMARTS) is 4. The Bertz CT molecular complexity index is 3700. The van der Waals surface area contributed by atoms with Crippen LogP contribution in [0.4, 0.5) is 0 Å². The van der Waals surface area contributed by atoms with Gasteiger partial charge in [-0.25, -0.2) is 4.79 Å². The summed E-state index contributed by atoms with van der Waals surface area (Å²) in [6.07, 6.45) is 3.34. The van der Waals surface area contributed by atoms with Crippen LogP contribution in [0.25, 0.3) is 10.9 Å². The predicted molar refractivity (Wildman–Crippen MR) is 390 cm³/mol. The van der Waals surface area contributed by atoms with Crippen LogP contribution in [-0.4, -0.2) is 271 Å². The molecule has 1 aliphatic heterocycles. The number of carbonyl (C=O) groups is 13. The molecule has 1 saturated heterocycles. The molecule has 3 unspecified atom stereocenters. The number of aromatic amines is 1. The third-order valence-corrected chi connectivity index (χ3v) is 18.5. The van der Waals surface area contributed by atoms with Crippen molar-refractivity contribution in [3.63, 3.8) is 0 Å². The molecule has 2 heterocycles. The fourth-order valence-corrected chi connectivity index (χ4v) is 12.8. The number of rotatable bonds is 42. The first-order valence-electron chi connectivity index (χ1n) is 35.9. The number of carboxylic acids is 4. The lowest BCUT2D eigenvalue weighted by Gasteiger charge is -2.30. The van der Waals surface area contributed by atoms with E-state index in [0.717, 1.165) is 19.3 Å². The Kier molecular flexibility index (Phi) is 34.9. The van der Waals surface area contributed by atoms with Gasteiger partial charge in [0.15, 0.2) is 5.96 Å². The first kappa shape index (κ1) is 86.1. The fraction of sp³-hybridized carbons (Fsp3) is 0.528. The van der Waals surface area contributed by atoms with Crippen LogP contribution >= 0.6 is 0 Å². The third-order valence-electron chi connectivity index (χ3n) is 18.5. The summed E-state index contributed by atoms with van der Waals surface area (Å²) in [6.45, 7) is 1.24. The van der Waals surface area contributed by atoms with E-state index in [9.17, 15) is 98.1 Å². The molecule has 0 spiro atoms. The van der Waals surface area contributed by atoms with Gasteiger partial charge < -0.3 is 99.6 Å². The Morgan fingerprint density at radius 2 is 0.944 bits per heavy atom. The minimum atomic E-state index is -1.88. The molecule has 36 nitrogen and oxygen atoms in total. The molecule has 9 amide bonds. The Hall–Kier alpha value is -10.8. The number of benzene rings is 3. The Morgan fingerprint density at radius 1 is 0.500 bits per heavy atom. The summed E-state index contributed by atoms with van der Waals surface area (Å²) in [5.74, 6) is -15.2. The zero-order valence-electron chi connectivity index (χ0n) is 60.5. The second kappa shape index (κ2) is 43.7. The summed E-state index contributed by atoms with van der Waals surface area (Å²) in [6, 6.07) is 6.30. The number of nitrogens with zero attached hydrogens (tertiary/aromatic N) is 3. The van der Waals surface area contributed by atoms with Gasteiger partial charge in [0, 0.05) is 82.2 Å². The van der Waals surface area contributed by atoms with Gasteiger partial charge in [0.25, 0.3) is 0 Å². The number of nitrogens with one attached hydrogen (secondary N) is 12. The number of carbonyl (C=O) groups excluding carboxylic acids is 9. The molecule has 2 fully saturated rings. The number of phenolic OH excluding ortho intramolecular Hbond substituents is 1. The number of aromatic hydroxyl groups is 1. The summed E-state index contributed by atoms with van der Waals surface area (Å²) in [5, 5.41) is 104. The molecule has 1 aromatic heterocycles. The molecule has 2 aliphatic rings. The lowest BCUT2D eigenvalue weighted by atomic mass is 9.84. The van der Waals surface area contributed by atoms with E-state index in [-0.39, 0.29) is 121 Å². The van der Waals surface area contributed by atoms with Crippen LogP contribution in [0.1, 0.15) is 94.7 Å². The standard InChI is InChI=1S/C72H102N16O20/c1-42(2)30-51(64(100)83-55(68(104)85-58(41-90)71(107)108)34-46-36-76-49-17-10-9-16-48(46)49)79-65(101)54(33-45-19-21-47(91)22-20-45)80-63(99)50(18-11-23-75-72(73)74)78-70(106)57(40-89)84-67(103)53(32-44-14-7-4-8-15-44)81-66(102)52(31-43-12-5-3-6-13-43)82-69(105)56(35-60(93)94)77-59(92)37-86-24-26-87(38-61(95)96)28-29-88(27-25-86)39-62(97)98/h4,7-10,14-17,19-22,36,42-43,50-58,76,89-91H,3,5-6,11-13,18,23-35,37-41H2,1-2H3,(H,77,92)(H,78,106)(H,79,101)(H,80,99)(H,81,102)(H,82,105)(H,83,100)(H,84,103)(H,85,104)(H,93,94)(H,95,96)(H,97,98)(H,107,108)(H4,73,74,75)/t50?,51-,52+,53?,54+,55+,56-,57?,58+/m1/s1. The number of hydrogen-bond donors (Lipinski definition) is 20. The number of aliphatic carboxylic acids is 4. The molecule has 108 heavy (non-hydrogen) atoms. The molecular formula is C72H102N16O20. The highest BCUT2D eigenvalue weighted by molar-refractivity contribution is 5.99. The summed E-state index contributed by atoms with van der Waals surface area (Å²) < 4.78 is 0. The monoisotopic (exact) mass is 1510 g/mol. The summed E-state index contributed by atoms with van der Waals surface area (Å²) in [7, 11) is 0. The van der Waals surface area contributed by atoms with Crippen LogP contribution in [-0.2, 0) is 81.6 Å². The largest absolute Gasteiger partial charge is 0.508 e. The number of hydrogen-bond acceptors (Lipinski definition) is 20. The number of aliphatic hydroxyl groups is 2. The van der Waals surface area contributed by atoms with Gasteiger partial charge in [0.1, 0.15) is 60.1 Å². The van der Waals surface area contributed by atoms with Gasteiger partial charge in [-0.2, -0.15) is 0 Å². The minimum Gasteiger partial charge on any atom is -0.508 e. The van der Waals surface area contributed by atoms with Gasteiger partial charge in [0.2, 0.25) is 53.2 Å². The van der Waals surface area contributed by atoms with E-state index in [1.54, 1.807) is 89.3 Å². The Labute approximate surface area is 623 Å². The van der Waals surface area contributed by atoms with Crippen molar-refractivity contribution >= 4 is 93.9 Å². The number of aliphatic hydroxyl groups excluding tert-OH is 2. The molecule has 0 radical (unpaired) electrons. The van der Waals surface area contributed by atoms with Crippen molar-refractivity contribution < 1.29 is 98.1 Å². The van der Waals surface area contributed by atoms with Crippen molar-refractivity contribution in [2.75, 3.05) is 78.7 Å². The second-order valence-electron chi connectivity index (χ2n) is 27.5. The first-order valence-corrected chi connectivity index (χ1v) is 35.9. The Morgan fingerprint density at radius 3 is 1.47 bits per heavy atom. The molecule has 36 heteroatoms. The molecule has 3 aromatic carbocycles. The molecule has 590 valence electrons. The molecule has 1 aliphatic carbocycles. The number of guanidine groups is 1. The Balaban J connectivity index is 1.24. The zero-order valence-corrected chi connectivity index (χ0v) is 60.5. The minimum absolute atomic E-state index is 0.00489. The summed E-state index contributed by atoms with van der Waals surface area (Å²) in [5.41, 5.74) is 7.65. The van der Waals surface area contributed by atoms with E-state index in [2.05, 4.69) is 58.2 Å². The summed E-state index contributed by atoms with van der Waals surface area (Å²) in [4.78, 5) is 186. The van der Waals surface area contributed by atoms with Gasteiger partial charge in [-0.3, -0.25) is 77.6 Å². The van der Waals surface area contributed by atoms with E-state index in [1.807, 2.05) is 0 Å². The van der Waals surface area contributed by atoms with E-state index in [4.69, 9.17) is 11.1 Å². The molecule has 9 atom stereocenters. The van der Waals surface area contributed by atoms with Crippen molar-refractivity contribution in [1.82, 2.24) is 72.9 Å². The highest BCUT2D eigenvalue weighted by Crippen LogP contribution is 2.28. The van der Waals surface area contributed by atoms with Gasteiger partial charge in [-0.15, -0.1) is 0 Å². The average molecular weight is 1510 g/mol. The number of H-pyrrole nitrogens is 1. The third kappa shape index (κ3) is 29.5. The van der Waals surface area contributed by atoms with Gasteiger partial charge >= 0.3 is 23.9 Å². The number of aromatic nitrogens is 1. The molecule has 21 N–H and O–H groups in total. The number of phenols is 1. The fourth-order valence-electron chi connectivity index (χ4n) is 12.8. The van der Waals surface area contributed by atoms with Crippen molar-refractivity contribution in [2.45, 2.75) is 152 Å². The quantitative estimate of drug-likeness (QED) is 0.0121. The normalized spacial score (nSPS) is 16.4. The van der Waals surface area contributed by atoms with Crippen LogP contribution < -0.4 is 58.9 Å². The van der Waals surface area contributed by atoms with Crippen LogP contribution in [0.2, 0.25) is 0 Å². The predicted octanol–water partition coefficient (Wildman–Crippen LogP) is -2.82. The zero-order chi connectivity index (χ0) is 79.0. The maximum Gasteiger partial charge on any atom is 0.328 e. The molecule has 6 rings (SSSR count). The van der Waals surface area contributed by atoms with Crippen molar-refractivity contribution in [1.29, 1.82) is 5.41 Å². The number of fused-ring (bicyclic) bond motifs is 1. The van der Waals surface area contributed by atoms with Crippen molar-refractivity contribution in [3.8, 4) is 5.75 Å². The van der Waals surface area contributed by atoms with Gasteiger partial charge in [-0.1, -0.05) is 107 Å². The lowest BCUT2D eigenvalue weighted by molar-refractivity contribution is -0.143. The van der Waals surface area contributed by atoms with Crippen LogP contribution in [0, 0.1) is 17.2 Å². The maximum absolute atomic E-state index is 14.9. The van der Waals surface area contributed by atoms with Crippen LogP contribution in [0.3, 0.4) is 0 Å². The van der Waals surface area contributed by atoms with Crippen molar-refractivity contribution in [2.24, 2.45) is 17.6 Å². The van der Waals surface area contributed by atoms with Gasteiger partial charge in [0.05, 0.1) is 39.3 Å². The SMILES string of the molecule is CC(C)C[C@@H](NC(=O)[C@H](Cc1ccc(O)cc1)NC(=O)C(CCCNC(=N)N)NC(=O)C(CO)NC(=O)C(Cc1ccccc1)NC(=O)[C@H](CC1CCCCC1)NC(=O)[C@@H](CC(=O)O)NC(=O)CN1CCN(CC(=O)O)CCN(CC(=O)O)CC1)C(=O)N[C@@H](Cc1c[nH]c2ccccc12)C(=O)N[C@@H](CO)C(=O)O. The van der Waals surface area contributed by atoms with E-state index >= 15 is 0 Å². The van der Waals surface area contributed by atoms with Crippen LogP contribution in [0.5, 0.6) is 5.75 Å². The number of para-hydroxylation sites is 1. The molecule has 0 bridgehead atoms. The highest BCUT2D eigenvalue weighted by atomic mass is 16.4.